The van der Waals surface area contributed by atoms with Crippen molar-refractivity contribution in [3.63, 3.8) is 0 Å². The molecule has 0 bridgehead atoms. The first-order chi connectivity index (χ1) is 8.15. The fourth-order valence-electron chi connectivity index (χ4n) is 1.48. The number of carbonyl (C=O) groups is 2. The maximum atomic E-state index is 11.3. The Hall–Kier alpha value is -1.45. The van der Waals surface area contributed by atoms with Crippen LogP contribution in [0.15, 0.2) is 12.7 Å². The molecule has 0 radical (unpaired) electrons. The van der Waals surface area contributed by atoms with Crippen LogP contribution in [0.4, 0.5) is 0 Å². The Bertz CT molecular complexity index is 439. The van der Waals surface area contributed by atoms with E-state index in [9.17, 15) is 18.0 Å². The highest BCUT2D eigenvalue weighted by Gasteiger charge is 2.60. The van der Waals surface area contributed by atoms with E-state index in [0.29, 0.717) is 0 Å². The molecule has 0 aromatic rings. The number of aliphatic carboxylic acids is 2. The number of hydrogen-bond donors (Lipinski definition) is 3. The molecule has 0 rings (SSSR count). The van der Waals surface area contributed by atoms with Gasteiger partial charge in [-0.2, -0.15) is 8.42 Å². The van der Waals surface area contributed by atoms with E-state index in [1.54, 1.807) is 0 Å². The van der Waals surface area contributed by atoms with Gasteiger partial charge in [0.25, 0.3) is 0 Å². The van der Waals surface area contributed by atoms with Crippen LogP contribution in [0.1, 0.15) is 13.3 Å². The number of allylic oxidation sites excluding steroid dienone is 1. The molecule has 0 aliphatic rings. The molecule has 0 saturated heterocycles. The van der Waals surface area contributed by atoms with Crippen LogP contribution < -0.4 is 0 Å². The molecule has 2 unspecified atom stereocenters. The Morgan fingerprint density at radius 2 is 1.94 bits per heavy atom. The SMILES string of the molecule is C=CCC(C(=O)O)C(OCC)(C(=O)O)S(=O)(=O)O. The van der Waals surface area contributed by atoms with Crippen LogP contribution in [-0.4, -0.2) is 46.7 Å². The van der Waals surface area contributed by atoms with Gasteiger partial charge in [0.15, 0.2) is 0 Å². The van der Waals surface area contributed by atoms with Gasteiger partial charge in [0.2, 0.25) is 0 Å². The number of rotatable bonds is 8. The summed E-state index contributed by atoms with van der Waals surface area (Å²) in [6.07, 6.45) is 0.530. The molecule has 0 saturated carbocycles. The van der Waals surface area contributed by atoms with Crippen LogP contribution in [0, 0.1) is 5.92 Å². The third-order valence-electron chi connectivity index (χ3n) is 2.20. The van der Waals surface area contributed by atoms with Crippen molar-refractivity contribution in [1.29, 1.82) is 0 Å². The molecule has 104 valence electrons. The first-order valence-electron chi connectivity index (χ1n) is 4.83. The Morgan fingerprint density at radius 1 is 1.44 bits per heavy atom. The van der Waals surface area contributed by atoms with Crippen molar-refractivity contribution < 1.29 is 37.5 Å². The number of ether oxygens (including phenoxy) is 1. The lowest BCUT2D eigenvalue weighted by Gasteiger charge is -2.30. The van der Waals surface area contributed by atoms with Gasteiger partial charge < -0.3 is 14.9 Å². The summed E-state index contributed by atoms with van der Waals surface area (Å²) < 4.78 is 36.1. The van der Waals surface area contributed by atoms with Crippen molar-refractivity contribution in [2.24, 2.45) is 5.92 Å². The number of carboxylic acids is 2. The summed E-state index contributed by atoms with van der Waals surface area (Å²) in [4.78, 5) is 18.9. The smallest absolute Gasteiger partial charge is 0.355 e. The molecular weight excluding hydrogens is 268 g/mol. The topological polar surface area (TPSA) is 138 Å². The van der Waals surface area contributed by atoms with Crippen LogP contribution in [0.3, 0.4) is 0 Å². The Balaban J connectivity index is 6.06. The molecule has 3 N–H and O–H groups in total. The van der Waals surface area contributed by atoms with E-state index in [1.165, 1.54) is 6.92 Å². The van der Waals surface area contributed by atoms with Crippen molar-refractivity contribution in [1.82, 2.24) is 0 Å². The molecule has 9 heteroatoms. The first-order valence-corrected chi connectivity index (χ1v) is 6.27. The average Bonchev–Trinajstić information content (AvgIpc) is 2.20. The van der Waals surface area contributed by atoms with Crippen molar-refractivity contribution >= 4 is 22.1 Å². The van der Waals surface area contributed by atoms with E-state index in [0.717, 1.165) is 6.08 Å². The van der Waals surface area contributed by atoms with Gasteiger partial charge in [-0.1, -0.05) is 6.08 Å². The lowest BCUT2D eigenvalue weighted by atomic mass is 9.97. The van der Waals surface area contributed by atoms with Gasteiger partial charge in [0, 0.05) is 6.61 Å². The van der Waals surface area contributed by atoms with Gasteiger partial charge in [0.1, 0.15) is 5.92 Å². The molecule has 0 spiro atoms. The van der Waals surface area contributed by atoms with Gasteiger partial charge in [-0.3, -0.25) is 9.35 Å². The van der Waals surface area contributed by atoms with Crippen LogP contribution in [0.2, 0.25) is 0 Å². The second-order valence-corrected chi connectivity index (χ2v) is 4.85. The second kappa shape index (κ2) is 5.94. The summed E-state index contributed by atoms with van der Waals surface area (Å²) in [5.41, 5.74) is 0. The summed E-state index contributed by atoms with van der Waals surface area (Å²) in [6.45, 7) is 4.07. The average molecular weight is 282 g/mol. The van der Waals surface area contributed by atoms with Crippen molar-refractivity contribution in [3.05, 3.63) is 12.7 Å². The second-order valence-electron chi connectivity index (χ2n) is 3.30. The molecule has 18 heavy (non-hydrogen) atoms. The molecule has 2 atom stereocenters. The Morgan fingerprint density at radius 3 is 2.17 bits per heavy atom. The van der Waals surface area contributed by atoms with Crippen molar-refractivity contribution in [3.8, 4) is 0 Å². The molecular formula is C9H14O8S. The van der Waals surface area contributed by atoms with Gasteiger partial charge >= 0.3 is 27.0 Å². The predicted octanol–water partition coefficient (Wildman–Crippen LogP) is -0.0315. The maximum absolute atomic E-state index is 11.3. The fraction of sp³-hybridized carbons (Fsp3) is 0.556. The normalized spacial score (nSPS) is 16.6. The van der Waals surface area contributed by atoms with Crippen molar-refractivity contribution in [2.45, 2.75) is 18.3 Å². The lowest BCUT2D eigenvalue weighted by molar-refractivity contribution is -0.169. The van der Waals surface area contributed by atoms with Gasteiger partial charge in [0.05, 0.1) is 0 Å². The lowest BCUT2D eigenvalue weighted by Crippen LogP contribution is -2.57. The first kappa shape index (κ1) is 16.6. The van der Waals surface area contributed by atoms with E-state index < -0.39 is 45.9 Å². The quantitative estimate of drug-likeness (QED) is 0.416. The van der Waals surface area contributed by atoms with Gasteiger partial charge in [-0.05, 0) is 13.3 Å². The van der Waals surface area contributed by atoms with Crippen LogP contribution in [0.5, 0.6) is 0 Å². The van der Waals surface area contributed by atoms with Crippen molar-refractivity contribution in [2.75, 3.05) is 6.61 Å². The summed E-state index contributed by atoms with van der Waals surface area (Å²) in [5, 5.41) is 17.9. The minimum atomic E-state index is -5.30. The summed E-state index contributed by atoms with van der Waals surface area (Å²) in [7, 11) is -5.30. The highest BCUT2D eigenvalue weighted by molar-refractivity contribution is 7.88. The van der Waals surface area contributed by atoms with Crippen LogP contribution in [0.25, 0.3) is 0 Å². The summed E-state index contributed by atoms with van der Waals surface area (Å²) >= 11 is 0. The van der Waals surface area contributed by atoms with Gasteiger partial charge in [-0.25, -0.2) is 4.79 Å². The minimum Gasteiger partial charge on any atom is -0.481 e. The summed E-state index contributed by atoms with van der Waals surface area (Å²) in [6, 6.07) is 0. The predicted molar refractivity (Wildman–Crippen MR) is 59.5 cm³/mol. The third kappa shape index (κ3) is 2.86. The maximum Gasteiger partial charge on any atom is 0.355 e. The monoisotopic (exact) mass is 282 g/mol. The minimum absolute atomic E-state index is 0.410. The molecule has 0 amide bonds. The molecule has 0 aliphatic carbocycles. The zero-order valence-electron chi connectivity index (χ0n) is 9.57. The molecule has 0 fully saturated rings. The number of carboxylic acid groups (broad SMARTS) is 2. The standard InChI is InChI=1S/C9H14O8S/c1-3-5-6(7(10)11)9(8(12)13,17-4-2)18(14,15)16/h3,6H,1,4-5H2,2H3,(H,10,11)(H,12,13)(H,14,15,16). The van der Waals surface area contributed by atoms with Crippen LogP contribution >= 0.6 is 0 Å². The van der Waals surface area contributed by atoms with E-state index in [2.05, 4.69) is 11.3 Å². The zero-order valence-corrected chi connectivity index (χ0v) is 10.4. The van der Waals surface area contributed by atoms with E-state index in [1.807, 2.05) is 0 Å². The van der Waals surface area contributed by atoms with E-state index >= 15 is 0 Å². The number of hydrogen-bond acceptors (Lipinski definition) is 5. The molecule has 0 aliphatic heterocycles. The Labute approximate surface area is 104 Å². The van der Waals surface area contributed by atoms with Crippen LogP contribution in [-0.2, 0) is 24.4 Å². The molecule has 0 aromatic heterocycles. The largest absolute Gasteiger partial charge is 0.481 e. The molecule has 8 nitrogen and oxygen atoms in total. The highest BCUT2D eigenvalue weighted by atomic mass is 32.2. The highest BCUT2D eigenvalue weighted by Crippen LogP contribution is 2.32. The third-order valence-corrected chi connectivity index (χ3v) is 3.54. The fourth-order valence-corrected chi connectivity index (χ4v) is 2.52. The molecule has 0 aromatic carbocycles. The summed E-state index contributed by atoms with van der Waals surface area (Å²) in [5.74, 6) is -5.84. The zero-order chi connectivity index (χ0) is 14.6. The van der Waals surface area contributed by atoms with Gasteiger partial charge in [-0.15, -0.1) is 6.58 Å². The van der Waals surface area contributed by atoms with E-state index in [4.69, 9.17) is 14.8 Å². The van der Waals surface area contributed by atoms with E-state index in [-0.39, 0.29) is 0 Å². The Kier molecular flexibility index (Phi) is 5.46. The molecule has 0 heterocycles.